The van der Waals surface area contributed by atoms with E-state index in [0.717, 1.165) is 0 Å². The van der Waals surface area contributed by atoms with Gasteiger partial charge in [-0.1, -0.05) is 27.7 Å². The van der Waals surface area contributed by atoms with E-state index in [2.05, 4.69) is 44.0 Å². The summed E-state index contributed by atoms with van der Waals surface area (Å²) >= 11 is 0. The Kier molecular flexibility index (Phi) is 8.72. The summed E-state index contributed by atoms with van der Waals surface area (Å²) in [5.74, 6) is -2.77. The number of ether oxygens (including phenoxy) is 1. The molecule has 0 bridgehead atoms. The van der Waals surface area contributed by atoms with Gasteiger partial charge in [-0.05, 0) is 49.2 Å². The van der Waals surface area contributed by atoms with E-state index in [9.17, 15) is 30.0 Å². The van der Waals surface area contributed by atoms with Gasteiger partial charge in [0.15, 0.2) is 8.32 Å². The van der Waals surface area contributed by atoms with E-state index in [4.69, 9.17) is 9.16 Å². The predicted molar refractivity (Wildman–Crippen MR) is 134 cm³/mol. The molecule has 36 heavy (non-hydrogen) atoms. The molecule has 1 aromatic carbocycles. The fourth-order valence-corrected chi connectivity index (χ4v) is 5.46. The van der Waals surface area contributed by atoms with Gasteiger partial charge in [0.05, 0.1) is 22.5 Å². The van der Waals surface area contributed by atoms with Crippen LogP contribution in [-0.4, -0.2) is 53.0 Å². The number of nitrogens with one attached hydrogen (secondary N) is 1. The number of esters is 1. The molecule has 12 heteroatoms. The summed E-state index contributed by atoms with van der Waals surface area (Å²) in [5.41, 5.74) is 7.96. The number of nitrogens with zero attached hydrogens (tertiary/aromatic N) is 3. The minimum absolute atomic E-state index is 0.0731. The fourth-order valence-electron chi connectivity index (χ4n) is 4.05. The second kappa shape index (κ2) is 10.8. The molecule has 1 saturated heterocycles. The SMILES string of the molecule is CCC1(CC(=O)C(=[N+]=[N-])C(=O)OCc2ccc([N+](=O)[O-])cc2)NC(=O)C1C(C)O[Si](C)(C)C(C)(C)C. The molecular formula is C24H34N4O7Si. The average molecular weight is 519 g/mol. The first-order valence-electron chi connectivity index (χ1n) is 11.7. The van der Waals surface area contributed by atoms with Crippen LogP contribution in [0.25, 0.3) is 5.53 Å². The third kappa shape index (κ3) is 6.12. The first-order chi connectivity index (χ1) is 16.6. The second-order valence-electron chi connectivity index (χ2n) is 10.6. The number of carbonyl (C=O) groups excluding carboxylic acids is 3. The molecular weight excluding hydrogens is 484 g/mol. The van der Waals surface area contributed by atoms with Crippen molar-refractivity contribution in [2.75, 3.05) is 0 Å². The van der Waals surface area contributed by atoms with Crippen LogP contribution in [0.1, 0.15) is 53.0 Å². The van der Waals surface area contributed by atoms with Gasteiger partial charge >= 0.3 is 11.7 Å². The van der Waals surface area contributed by atoms with Gasteiger partial charge in [0, 0.05) is 18.6 Å². The maximum atomic E-state index is 13.0. The molecule has 0 radical (unpaired) electrons. The number of nitro benzene ring substituents is 1. The summed E-state index contributed by atoms with van der Waals surface area (Å²) in [7, 11) is -2.20. The lowest BCUT2D eigenvalue weighted by Crippen LogP contribution is -2.73. The molecule has 1 N–H and O–H groups in total. The van der Waals surface area contributed by atoms with Crippen molar-refractivity contribution in [1.29, 1.82) is 0 Å². The van der Waals surface area contributed by atoms with E-state index < -0.39 is 48.3 Å². The Bertz CT molecular complexity index is 1090. The Morgan fingerprint density at radius 2 is 1.86 bits per heavy atom. The van der Waals surface area contributed by atoms with E-state index in [1.807, 2.05) is 13.8 Å². The Balaban J connectivity index is 2.11. The van der Waals surface area contributed by atoms with Gasteiger partial charge in [-0.25, -0.2) is 4.79 Å². The van der Waals surface area contributed by atoms with Gasteiger partial charge in [-0.15, -0.1) is 0 Å². The number of hydrogen-bond donors (Lipinski definition) is 1. The largest absolute Gasteiger partial charge is 0.452 e. The molecule has 196 valence electrons. The van der Waals surface area contributed by atoms with Crippen LogP contribution in [0.15, 0.2) is 24.3 Å². The number of non-ortho nitro benzene ring substituents is 1. The molecule has 2 rings (SSSR count). The number of ketones is 1. The monoisotopic (exact) mass is 518 g/mol. The molecule has 1 amide bonds. The minimum atomic E-state index is -2.20. The zero-order chi connectivity index (χ0) is 27.5. The van der Waals surface area contributed by atoms with Crippen LogP contribution in [0.5, 0.6) is 0 Å². The summed E-state index contributed by atoms with van der Waals surface area (Å²) in [6, 6.07) is 5.33. The molecule has 1 aliphatic rings. The number of Topliss-reactive ketones (excluding diaryl/α,β-unsaturated/α-hetero) is 1. The number of benzene rings is 1. The molecule has 0 spiro atoms. The van der Waals surface area contributed by atoms with E-state index in [0.29, 0.717) is 12.0 Å². The van der Waals surface area contributed by atoms with Crippen molar-refractivity contribution in [2.24, 2.45) is 5.92 Å². The van der Waals surface area contributed by atoms with Crippen molar-refractivity contribution in [3.63, 3.8) is 0 Å². The summed E-state index contributed by atoms with van der Waals surface area (Å²) in [6.07, 6.45) is -0.329. The number of rotatable bonds is 11. The van der Waals surface area contributed by atoms with Crippen LogP contribution in [0.3, 0.4) is 0 Å². The van der Waals surface area contributed by atoms with Crippen LogP contribution in [0.4, 0.5) is 5.69 Å². The average Bonchev–Trinajstić information content (AvgIpc) is 2.76. The highest BCUT2D eigenvalue weighted by atomic mass is 28.4. The molecule has 1 aromatic rings. The van der Waals surface area contributed by atoms with Gasteiger partial charge in [0.2, 0.25) is 5.91 Å². The molecule has 3 unspecified atom stereocenters. The number of nitro groups is 1. The zero-order valence-electron chi connectivity index (χ0n) is 21.8. The van der Waals surface area contributed by atoms with Gasteiger partial charge < -0.3 is 20.0 Å². The van der Waals surface area contributed by atoms with Gasteiger partial charge in [-0.2, -0.15) is 4.79 Å². The highest BCUT2D eigenvalue weighted by Crippen LogP contribution is 2.42. The third-order valence-corrected chi connectivity index (χ3v) is 11.8. The predicted octanol–water partition coefficient (Wildman–Crippen LogP) is 3.57. The van der Waals surface area contributed by atoms with E-state index in [-0.39, 0.29) is 29.7 Å². The molecule has 0 aromatic heterocycles. The van der Waals surface area contributed by atoms with E-state index in [1.54, 1.807) is 0 Å². The lowest BCUT2D eigenvalue weighted by atomic mass is 9.68. The first-order valence-corrected chi connectivity index (χ1v) is 14.6. The number of carbonyl (C=O) groups is 3. The van der Waals surface area contributed by atoms with Crippen LogP contribution >= 0.6 is 0 Å². The Labute approximate surface area is 211 Å². The molecule has 0 saturated carbocycles. The van der Waals surface area contributed by atoms with Crippen molar-refractivity contribution < 1.29 is 33.3 Å². The lowest BCUT2D eigenvalue weighted by molar-refractivity contribution is -0.384. The number of hydrogen-bond acceptors (Lipinski definition) is 7. The maximum Gasteiger partial charge on any atom is 0.441 e. The Hall–Kier alpha value is -3.21. The minimum Gasteiger partial charge on any atom is -0.452 e. The highest BCUT2D eigenvalue weighted by molar-refractivity contribution is 6.74. The summed E-state index contributed by atoms with van der Waals surface area (Å²) in [6.45, 7) is 13.8. The van der Waals surface area contributed by atoms with Gasteiger partial charge in [0.1, 0.15) is 6.61 Å². The Morgan fingerprint density at radius 1 is 1.28 bits per heavy atom. The van der Waals surface area contributed by atoms with E-state index >= 15 is 0 Å². The van der Waals surface area contributed by atoms with E-state index in [1.165, 1.54) is 24.3 Å². The normalized spacial score (nSPS) is 20.4. The van der Waals surface area contributed by atoms with Crippen molar-refractivity contribution in [2.45, 2.75) is 83.8 Å². The van der Waals surface area contributed by atoms with Crippen LogP contribution in [0, 0.1) is 16.0 Å². The first kappa shape index (κ1) is 29.0. The van der Waals surface area contributed by atoms with Crippen molar-refractivity contribution in [1.82, 2.24) is 5.32 Å². The maximum absolute atomic E-state index is 13.0. The zero-order valence-corrected chi connectivity index (χ0v) is 22.8. The number of amides is 1. The second-order valence-corrected chi connectivity index (χ2v) is 15.4. The lowest BCUT2D eigenvalue weighted by Gasteiger charge is -2.52. The smallest absolute Gasteiger partial charge is 0.441 e. The summed E-state index contributed by atoms with van der Waals surface area (Å²) in [4.78, 5) is 51.1. The summed E-state index contributed by atoms with van der Waals surface area (Å²) in [5, 5.41) is 13.5. The van der Waals surface area contributed by atoms with Gasteiger partial charge in [0.25, 0.3) is 11.5 Å². The molecule has 11 nitrogen and oxygen atoms in total. The molecule has 0 aliphatic carbocycles. The van der Waals surface area contributed by atoms with Crippen LogP contribution in [0.2, 0.25) is 18.1 Å². The Morgan fingerprint density at radius 3 is 2.31 bits per heavy atom. The number of β-lactam (4-membered cyclic amide) rings is 1. The van der Waals surface area contributed by atoms with Crippen molar-refractivity contribution >= 4 is 37.4 Å². The van der Waals surface area contributed by atoms with Crippen LogP contribution in [-0.2, 0) is 30.2 Å². The topological polar surface area (TPSA) is 161 Å². The third-order valence-electron chi connectivity index (χ3n) is 7.19. The summed E-state index contributed by atoms with van der Waals surface area (Å²) < 4.78 is 11.5. The molecule has 1 heterocycles. The quantitative estimate of drug-likeness (QED) is 0.0539. The highest BCUT2D eigenvalue weighted by Gasteiger charge is 2.58. The van der Waals surface area contributed by atoms with Crippen molar-refractivity contribution in [3.8, 4) is 0 Å². The standard InChI is InChI=1S/C24H34N4O7Si/c1-8-24(19(21(30)26-24)15(2)35-36(6,7)23(3,4)5)13-18(29)20(27-25)22(31)34-14-16-9-11-17(12-10-16)28(32)33/h9-12,15,19H,8,13-14H2,1-7H3,(H,26,30). The van der Waals surface area contributed by atoms with Crippen molar-refractivity contribution in [3.05, 3.63) is 45.5 Å². The molecule has 3 atom stereocenters. The van der Waals surface area contributed by atoms with Gasteiger partial charge in [-0.3, -0.25) is 19.7 Å². The van der Waals surface area contributed by atoms with Crippen LogP contribution < -0.4 is 5.32 Å². The fraction of sp³-hybridized carbons (Fsp3) is 0.583. The molecule has 1 aliphatic heterocycles. The molecule has 1 fully saturated rings.